The van der Waals surface area contributed by atoms with Crippen LogP contribution in [0.1, 0.15) is 5.56 Å². The number of benzene rings is 2. The van der Waals surface area contributed by atoms with Gasteiger partial charge in [-0.3, -0.25) is 0 Å². The van der Waals surface area contributed by atoms with E-state index in [2.05, 4.69) is 15.9 Å². The van der Waals surface area contributed by atoms with Gasteiger partial charge < -0.3 is 4.74 Å². The summed E-state index contributed by atoms with van der Waals surface area (Å²) >= 11 is 8.97. The fourth-order valence-corrected chi connectivity index (χ4v) is 2.06. The van der Waals surface area contributed by atoms with E-state index in [9.17, 15) is 8.78 Å². The Morgan fingerprint density at radius 2 is 1.89 bits per heavy atom. The molecule has 18 heavy (non-hydrogen) atoms. The maximum absolute atomic E-state index is 13.4. The van der Waals surface area contributed by atoms with Crippen molar-refractivity contribution in [2.45, 2.75) is 5.88 Å². The van der Waals surface area contributed by atoms with Gasteiger partial charge in [0.2, 0.25) is 5.82 Å². The second-order valence-electron chi connectivity index (χ2n) is 3.55. The highest BCUT2D eigenvalue weighted by Crippen LogP contribution is 2.32. The fourth-order valence-electron chi connectivity index (χ4n) is 1.39. The molecule has 94 valence electrons. The van der Waals surface area contributed by atoms with Crippen LogP contribution in [0.15, 0.2) is 40.9 Å². The van der Waals surface area contributed by atoms with Gasteiger partial charge in [-0.05, 0) is 45.8 Å². The van der Waals surface area contributed by atoms with Crippen molar-refractivity contribution in [2.24, 2.45) is 0 Å². The summed E-state index contributed by atoms with van der Waals surface area (Å²) in [7, 11) is 0. The molecule has 0 aliphatic rings. The van der Waals surface area contributed by atoms with Crippen molar-refractivity contribution in [3.8, 4) is 11.5 Å². The molecule has 2 aromatic rings. The van der Waals surface area contributed by atoms with E-state index in [0.29, 0.717) is 16.1 Å². The number of rotatable bonds is 3. The van der Waals surface area contributed by atoms with Crippen LogP contribution >= 0.6 is 27.5 Å². The van der Waals surface area contributed by atoms with Gasteiger partial charge in [-0.1, -0.05) is 12.1 Å². The topological polar surface area (TPSA) is 9.23 Å². The first-order valence-corrected chi connectivity index (χ1v) is 6.41. The number of hydrogen-bond donors (Lipinski definition) is 0. The summed E-state index contributed by atoms with van der Waals surface area (Å²) in [5.41, 5.74) is 0.899. The SMILES string of the molecule is Fc1cccc(Oc2ccc(CCl)cc2Br)c1F. The van der Waals surface area contributed by atoms with Crippen molar-refractivity contribution in [1.82, 2.24) is 0 Å². The first-order valence-electron chi connectivity index (χ1n) is 5.08. The number of halogens is 4. The molecule has 2 rings (SSSR count). The van der Waals surface area contributed by atoms with Crippen LogP contribution in [0.4, 0.5) is 8.78 Å². The molecule has 0 heterocycles. The monoisotopic (exact) mass is 332 g/mol. The molecule has 2 aromatic carbocycles. The molecule has 0 bridgehead atoms. The third kappa shape index (κ3) is 2.82. The Hall–Kier alpha value is -1.13. The van der Waals surface area contributed by atoms with Crippen molar-refractivity contribution in [1.29, 1.82) is 0 Å². The van der Waals surface area contributed by atoms with Crippen LogP contribution in [-0.4, -0.2) is 0 Å². The van der Waals surface area contributed by atoms with E-state index < -0.39 is 11.6 Å². The summed E-state index contributed by atoms with van der Waals surface area (Å²) in [6.45, 7) is 0. The Kier molecular flexibility index (Phi) is 4.19. The maximum Gasteiger partial charge on any atom is 0.201 e. The van der Waals surface area contributed by atoms with E-state index >= 15 is 0 Å². The minimum atomic E-state index is -1.01. The second kappa shape index (κ2) is 5.67. The van der Waals surface area contributed by atoms with Crippen LogP contribution < -0.4 is 4.74 Å². The van der Waals surface area contributed by atoms with Gasteiger partial charge >= 0.3 is 0 Å². The first kappa shape index (κ1) is 13.3. The van der Waals surface area contributed by atoms with Crippen LogP contribution in [-0.2, 0) is 5.88 Å². The predicted octanol–water partition coefficient (Wildman–Crippen LogP) is 5.26. The third-order valence-corrected chi connectivity index (χ3v) is 3.21. The number of ether oxygens (including phenoxy) is 1. The lowest BCUT2D eigenvalue weighted by molar-refractivity contribution is 0.414. The molecule has 0 saturated carbocycles. The summed E-state index contributed by atoms with van der Waals surface area (Å²) in [6, 6.07) is 8.94. The van der Waals surface area contributed by atoms with Gasteiger partial charge in [0.25, 0.3) is 0 Å². The van der Waals surface area contributed by atoms with Crippen LogP contribution in [0.5, 0.6) is 11.5 Å². The zero-order valence-electron chi connectivity index (χ0n) is 9.09. The van der Waals surface area contributed by atoms with Gasteiger partial charge in [0.05, 0.1) is 4.47 Å². The van der Waals surface area contributed by atoms with Crippen LogP contribution in [0, 0.1) is 11.6 Å². The van der Waals surface area contributed by atoms with Gasteiger partial charge in [-0.2, -0.15) is 4.39 Å². The van der Waals surface area contributed by atoms with Gasteiger partial charge in [0.15, 0.2) is 11.6 Å². The van der Waals surface area contributed by atoms with E-state index in [1.54, 1.807) is 18.2 Å². The van der Waals surface area contributed by atoms with Crippen molar-refractivity contribution >= 4 is 27.5 Å². The molecular formula is C13H8BrClF2O. The molecule has 1 nitrogen and oxygen atoms in total. The average molecular weight is 334 g/mol. The molecule has 0 radical (unpaired) electrons. The molecule has 0 spiro atoms. The van der Waals surface area contributed by atoms with Crippen molar-refractivity contribution in [2.75, 3.05) is 0 Å². The lowest BCUT2D eigenvalue weighted by Crippen LogP contribution is -1.92. The lowest BCUT2D eigenvalue weighted by Gasteiger charge is -2.09. The Bertz CT molecular complexity index is 575. The molecule has 0 saturated heterocycles. The van der Waals surface area contributed by atoms with E-state index in [1.165, 1.54) is 12.1 Å². The summed E-state index contributed by atoms with van der Waals surface area (Å²) in [5, 5.41) is 0. The van der Waals surface area contributed by atoms with E-state index in [4.69, 9.17) is 16.3 Å². The summed E-state index contributed by atoms with van der Waals surface area (Å²) in [4.78, 5) is 0. The van der Waals surface area contributed by atoms with Gasteiger partial charge in [0.1, 0.15) is 5.75 Å². The van der Waals surface area contributed by atoms with E-state index in [0.717, 1.165) is 11.6 Å². The van der Waals surface area contributed by atoms with Crippen molar-refractivity contribution in [3.63, 3.8) is 0 Å². The van der Waals surface area contributed by atoms with E-state index in [1.807, 2.05) is 0 Å². The Balaban J connectivity index is 2.31. The van der Waals surface area contributed by atoms with Gasteiger partial charge in [0, 0.05) is 5.88 Å². The summed E-state index contributed by atoms with van der Waals surface area (Å²) < 4.78 is 32.4. The summed E-state index contributed by atoms with van der Waals surface area (Å²) in [6.07, 6.45) is 0. The molecule has 0 aromatic heterocycles. The minimum absolute atomic E-state index is 0.158. The Morgan fingerprint density at radius 3 is 2.56 bits per heavy atom. The third-order valence-electron chi connectivity index (χ3n) is 2.29. The van der Waals surface area contributed by atoms with Crippen molar-refractivity contribution < 1.29 is 13.5 Å². The molecule has 5 heteroatoms. The number of alkyl halides is 1. The average Bonchev–Trinajstić information content (AvgIpc) is 2.37. The lowest BCUT2D eigenvalue weighted by atomic mass is 10.2. The van der Waals surface area contributed by atoms with E-state index in [-0.39, 0.29) is 5.75 Å². The molecule has 0 aliphatic carbocycles. The van der Waals surface area contributed by atoms with Crippen molar-refractivity contribution in [3.05, 3.63) is 58.1 Å². The largest absolute Gasteiger partial charge is 0.453 e. The van der Waals surface area contributed by atoms with Crippen LogP contribution in [0.2, 0.25) is 0 Å². The molecular weight excluding hydrogens is 325 g/mol. The standard InChI is InChI=1S/C13H8BrClF2O/c14-9-6-8(7-15)4-5-11(9)18-12-3-1-2-10(16)13(12)17/h1-6H,7H2. The maximum atomic E-state index is 13.4. The number of hydrogen-bond acceptors (Lipinski definition) is 1. The van der Waals surface area contributed by atoms with Gasteiger partial charge in [-0.25, -0.2) is 4.39 Å². The molecule has 0 N–H and O–H groups in total. The zero-order valence-corrected chi connectivity index (χ0v) is 11.4. The zero-order chi connectivity index (χ0) is 13.1. The highest BCUT2D eigenvalue weighted by molar-refractivity contribution is 9.10. The van der Waals surface area contributed by atoms with Crippen LogP contribution in [0.3, 0.4) is 0 Å². The Morgan fingerprint density at radius 1 is 1.11 bits per heavy atom. The smallest absolute Gasteiger partial charge is 0.201 e. The highest BCUT2D eigenvalue weighted by atomic mass is 79.9. The predicted molar refractivity (Wildman–Crippen MR) is 70.1 cm³/mol. The highest BCUT2D eigenvalue weighted by Gasteiger charge is 2.11. The Labute approximate surface area is 116 Å². The second-order valence-corrected chi connectivity index (χ2v) is 4.67. The minimum Gasteiger partial charge on any atom is -0.453 e. The molecule has 0 amide bonds. The molecule has 0 fully saturated rings. The fraction of sp³-hybridized carbons (Fsp3) is 0.0769. The van der Waals surface area contributed by atoms with Crippen LogP contribution in [0.25, 0.3) is 0 Å². The normalized spacial score (nSPS) is 10.4. The molecule has 0 unspecified atom stereocenters. The quantitative estimate of drug-likeness (QED) is 0.696. The molecule has 0 atom stereocenters. The van der Waals surface area contributed by atoms with Gasteiger partial charge in [-0.15, -0.1) is 11.6 Å². The molecule has 0 aliphatic heterocycles. The first-order chi connectivity index (χ1) is 8.61. The summed E-state index contributed by atoms with van der Waals surface area (Å²) in [5.74, 6) is -1.35.